The van der Waals surface area contributed by atoms with Crippen LogP contribution in [0, 0.1) is 0 Å². The molecule has 1 amide bonds. The first-order valence-corrected chi connectivity index (χ1v) is 5.79. The summed E-state index contributed by atoms with van der Waals surface area (Å²) in [7, 11) is 4.11. The maximum absolute atomic E-state index is 11.4. The lowest BCUT2D eigenvalue weighted by atomic mass is 10.1. The van der Waals surface area contributed by atoms with Crippen molar-refractivity contribution in [2.45, 2.75) is 19.4 Å². The Labute approximate surface area is 127 Å². The summed E-state index contributed by atoms with van der Waals surface area (Å²) < 4.78 is 0. The molecule has 0 radical (unpaired) electrons. The summed E-state index contributed by atoms with van der Waals surface area (Å²) in [6.45, 7) is 2.69. The van der Waals surface area contributed by atoms with Crippen LogP contribution in [0.3, 0.4) is 0 Å². The van der Waals surface area contributed by atoms with Gasteiger partial charge in [0.05, 0.1) is 6.04 Å². The third-order valence-electron chi connectivity index (χ3n) is 2.48. The van der Waals surface area contributed by atoms with Gasteiger partial charge < -0.3 is 16.0 Å². The molecule has 0 aliphatic carbocycles. The first kappa shape index (κ1) is 20.5. The van der Waals surface area contributed by atoms with Crippen LogP contribution >= 0.6 is 24.8 Å². The van der Waals surface area contributed by atoms with Gasteiger partial charge in [0.1, 0.15) is 0 Å². The van der Waals surface area contributed by atoms with Gasteiger partial charge in [0, 0.05) is 12.2 Å². The number of anilines is 1. The fraction of sp³-hybridized carbons (Fsp3) is 0.462. The molecule has 0 aromatic heterocycles. The van der Waals surface area contributed by atoms with Crippen LogP contribution in [0.2, 0.25) is 0 Å². The molecule has 0 aliphatic heterocycles. The average Bonchev–Trinajstić information content (AvgIpc) is 2.28. The number of nitrogens with two attached hydrogens (primary N) is 1. The molecule has 1 atom stereocenters. The van der Waals surface area contributed by atoms with Crippen LogP contribution in [-0.4, -0.2) is 37.5 Å². The lowest BCUT2D eigenvalue weighted by Crippen LogP contribution is -2.32. The number of amides is 1. The molecule has 1 aromatic rings. The van der Waals surface area contributed by atoms with Crippen LogP contribution in [0.5, 0.6) is 0 Å². The number of nitrogens with zero attached hydrogens (tertiary/aromatic N) is 1. The Kier molecular flexibility index (Phi) is 10.8. The number of likely N-dealkylation sites (N-methyl/N-ethyl adjacent to an activating group) is 1. The topological polar surface area (TPSA) is 58.4 Å². The number of hydrogen-bond acceptors (Lipinski definition) is 3. The number of halogens is 2. The lowest BCUT2D eigenvalue weighted by Gasteiger charge is -2.10. The second kappa shape index (κ2) is 10.0. The van der Waals surface area contributed by atoms with Crippen LogP contribution in [0.4, 0.5) is 5.69 Å². The second-order valence-corrected chi connectivity index (χ2v) is 4.53. The molecule has 110 valence electrons. The van der Waals surface area contributed by atoms with Crippen molar-refractivity contribution in [3.05, 3.63) is 29.8 Å². The van der Waals surface area contributed by atoms with Gasteiger partial charge in [-0.2, -0.15) is 0 Å². The van der Waals surface area contributed by atoms with Crippen molar-refractivity contribution in [1.29, 1.82) is 0 Å². The zero-order valence-electron chi connectivity index (χ0n) is 11.6. The number of benzene rings is 1. The van der Waals surface area contributed by atoms with E-state index in [1.807, 2.05) is 24.3 Å². The minimum absolute atomic E-state index is 0. The van der Waals surface area contributed by atoms with Crippen molar-refractivity contribution >= 4 is 36.4 Å². The third-order valence-corrected chi connectivity index (χ3v) is 2.48. The molecular formula is C13H23Cl2N3O. The zero-order chi connectivity index (χ0) is 12.8. The quantitative estimate of drug-likeness (QED) is 0.874. The molecule has 3 N–H and O–H groups in total. The third kappa shape index (κ3) is 8.06. The van der Waals surface area contributed by atoms with E-state index in [2.05, 4.69) is 24.3 Å². The van der Waals surface area contributed by atoms with Gasteiger partial charge in [0.25, 0.3) is 0 Å². The predicted octanol–water partition coefficient (Wildman–Crippen LogP) is 1.92. The van der Waals surface area contributed by atoms with Gasteiger partial charge in [0.15, 0.2) is 0 Å². The molecule has 1 rings (SSSR count). The maximum atomic E-state index is 11.4. The molecule has 0 heterocycles. The van der Waals surface area contributed by atoms with Gasteiger partial charge in [0.2, 0.25) is 5.91 Å². The Morgan fingerprint density at radius 2 is 1.79 bits per heavy atom. The van der Waals surface area contributed by atoms with Crippen LogP contribution in [0.25, 0.3) is 0 Å². The van der Waals surface area contributed by atoms with Gasteiger partial charge in [-0.3, -0.25) is 4.79 Å². The first-order valence-electron chi connectivity index (χ1n) is 5.79. The summed E-state index contributed by atoms with van der Waals surface area (Å²) >= 11 is 0. The summed E-state index contributed by atoms with van der Waals surface area (Å²) in [5, 5.41) is 2.76. The zero-order valence-corrected chi connectivity index (χ0v) is 13.2. The summed E-state index contributed by atoms with van der Waals surface area (Å²) in [6, 6.07) is 7.39. The SMILES string of the molecule is C[C@@H](N)C(=O)Nc1ccc(CCN(C)C)cc1.Cl.Cl. The van der Waals surface area contributed by atoms with Crippen LogP contribution in [-0.2, 0) is 11.2 Å². The average molecular weight is 308 g/mol. The monoisotopic (exact) mass is 307 g/mol. The van der Waals surface area contributed by atoms with E-state index in [0.29, 0.717) is 0 Å². The van der Waals surface area contributed by atoms with Gasteiger partial charge in [-0.25, -0.2) is 0 Å². The Balaban J connectivity index is 0. The van der Waals surface area contributed by atoms with E-state index >= 15 is 0 Å². The van der Waals surface area contributed by atoms with Crippen molar-refractivity contribution in [1.82, 2.24) is 4.90 Å². The summed E-state index contributed by atoms with van der Waals surface area (Å²) in [4.78, 5) is 13.5. The summed E-state index contributed by atoms with van der Waals surface area (Å²) in [5.41, 5.74) is 7.53. The fourth-order valence-corrected chi connectivity index (χ4v) is 1.36. The largest absolute Gasteiger partial charge is 0.325 e. The predicted molar refractivity (Wildman–Crippen MR) is 85.5 cm³/mol. The highest BCUT2D eigenvalue weighted by Crippen LogP contribution is 2.10. The smallest absolute Gasteiger partial charge is 0.240 e. The highest BCUT2D eigenvalue weighted by atomic mass is 35.5. The van der Waals surface area contributed by atoms with E-state index < -0.39 is 6.04 Å². The molecule has 0 fully saturated rings. The minimum Gasteiger partial charge on any atom is -0.325 e. The van der Waals surface area contributed by atoms with E-state index in [-0.39, 0.29) is 30.7 Å². The minimum atomic E-state index is -0.483. The Hall–Kier alpha value is -0.810. The van der Waals surface area contributed by atoms with Crippen molar-refractivity contribution in [3.8, 4) is 0 Å². The lowest BCUT2D eigenvalue weighted by molar-refractivity contribution is -0.117. The van der Waals surface area contributed by atoms with Crippen molar-refractivity contribution in [2.24, 2.45) is 5.73 Å². The maximum Gasteiger partial charge on any atom is 0.240 e. The summed E-state index contributed by atoms with van der Waals surface area (Å²) in [5.74, 6) is -0.161. The highest BCUT2D eigenvalue weighted by Gasteiger charge is 2.06. The Morgan fingerprint density at radius 3 is 2.21 bits per heavy atom. The van der Waals surface area contributed by atoms with Crippen molar-refractivity contribution in [2.75, 3.05) is 26.0 Å². The fourth-order valence-electron chi connectivity index (χ4n) is 1.36. The van der Waals surface area contributed by atoms with Gasteiger partial charge in [-0.15, -0.1) is 24.8 Å². The molecule has 0 spiro atoms. The van der Waals surface area contributed by atoms with Crippen LogP contribution in [0.15, 0.2) is 24.3 Å². The molecule has 0 aliphatic rings. The van der Waals surface area contributed by atoms with Gasteiger partial charge in [-0.1, -0.05) is 12.1 Å². The number of carbonyl (C=O) groups is 1. The van der Waals surface area contributed by atoms with E-state index in [1.165, 1.54) is 5.56 Å². The molecular weight excluding hydrogens is 285 g/mol. The number of rotatable bonds is 5. The number of hydrogen-bond donors (Lipinski definition) is 2. The van der Waals surface area contributed by atoms with E-state index in [1.54, 1.807) is 6.92 Å². The molecule has 1 aromatic carbocycles. The molecule has 19 heavy (non-hydrogen) atoms. The van der Waals surface area contributed by atoms with Crippen molar-refractivity contribution in [3.63, 3.8) is 0 Å². The highest BCUT2D eigenvalue weighted by molar-refractivity contribution is 5.94. The van der Waals surface area contributed by atoms with E-state index in [9.17, 15) is 4.79 Å². The molecule has 4 nitrogen and oxygen atoms in total. The molecule has 6 heteroatoms. The van der Waals surface area contributed by atoms with E-state index in [0.717, 1.165) is 18.7 Å². The van der Waals surface area contributed by atoms with Gasteiger partial charge >= 0.3 is 0 Å². The van der Waals surface area contributed by atoms with Crippen LogP contribution < -0.4 is 11.1 Å². The Bertz CT molecular complexity index is 367. The molecule has 0 saturated heterocycles. The Morgan fingerprint density at radius 1 is 1.26 bits per heavy atom. The van der Waals surface area contributed by atoms with Crippen molar-refractivity contribution < 1.29 is 4.79 Å². The first-order chi connectivity index (χ1) is 7.99. The normalized spacial score (nSPS) is 11.2. The van der Waals surface area contributed by atoms with Crippen LogP contribution in [0.1, 0.15) is 12.5 Å². The number of nitrogens with one attached hydrogen (secondary N) is 1. The van der Waals surface area contributed by atoms with Gasteiger partial charge in [-0.05, 0) is 45.1 Å². The molecule has 0 saturated carbocycles. The molecule has 0 unspecified atom stereocenters. The number of carbonyl (C=O) groups excluding carboxylic acids is 1. The van der Waals surface area contributed by atoms with E-state index in [4.69, 9.17) is 5.73 Å². The molecule has 0 bridgehead atoms. The second-order valence-electron chi connectivity index (χ2n) is 4.53. The standard InChI is InChI=1S/C13H21N3O.2ClH/c1-10(14)13(17)15-12-6-4-11(5-7-12)8-9-16(2)3;;/h4-7,10H,8-9,14H2,1-3H3,(H,15,17);2*1H/t10-;;/m1../s1. The summed E-state index contributed by atoms with van der Waals surface area (Å²) in [6.07, 6.45) is 1.01.